The molecule has 5 heterocycles. The Balaban J connectivity index is 1.18. The number of nitrogens with zero attached hydrogens (tertiary/aromatic N) is 6. The highest BCUT2D eigenvalue weighted by Gasteiger charge is 2.41. The molecular weight excluding hydrogens is 402 g/mol. The number of nitrogens with one attached hydrogen (secondary N) is 1. The lowest BCUT2D eigenvalue weighted by Crippen LogP contribution is -2.44. The van der Waals surface area contributed by atoms with Crippen LogP contribution in [0.4, 0.5) is 23.1 Å². The zero-order valence-electron chi connectivity index (χ0n) is 18.4. The maximum Gasteiger partial charge on any atom is 0.227 e. The molecule has 32 heavy (non-hydrogen) atoms. The molecule has 8 nitrogen and oxygen atoms in total. The van der Waals surface area contributed by atoms with E-state index in [1.807, 2.05) is 25.4 Å². The molecular formula is C24H27N7O. The van der Waals surface area contributed by atoms with E-state index >= 15 is 0 Å². The predicted octanol–water partition coefficient (Wildman–Crippen LogP) is 3.00. The number of hydrogen-bond acceptors (Lipinski definition) is 8. The van der Waals surface area contributed by atoms with Gasteiger partial charge in [-0.3, -0.25) is 4.90 Å². The average Bonchev–Trinajstić information content (AvgIpc) is 3.39. The van der Waals surface area contributed by atoms with Gasteiger partial charge in [-0.2, -0.15) is 0 Å². The minimum Gasteiger partial charge on any atom is -0.488 e. The van der Waals surface area contributed by atoms with Gasteiger partial charge < -0.3 is 19.9 Å². The molecule has 8 heteroatoms. The van der Waals surface area contributed by atoms with E-state index in [1.165, 1.54) is 12.1 Å². The lowest BCUT2D eigenvalue weighted by atomic mass is 10.2. The van der Waals surface area contributed by atoms with E-state index < -0.39 is 0 Å². The first-order valence-electron chi connectivity index (χ1n) is 11.2. The second kappa shape index (κ2) is 7.63. The first-order valence-corrected chi connectivity index (χ1v) is 11.2. The average molecular weight is 430 g/mol. The summed E-state index contributed by atoms with van der Waals surface area (Å²) in [5.41, 5.74) is 3.98. The summed E-state index contributed by atoms with van der Waals surface area (Å²) in [6.07, 6.45) is 4.88. The molecule has 0 saturated carbocycles. The van der Waals surface area contributed by atoms with Crippen LogP contribution < -0.4 is 19.9 Å². The van der Waals surface area contributed by atoms with Gasteiger partial charge in [-0.15, -0.1) is 0 Å². The fourth-order valence-electron chi connectivity index (χ4n) is 5.00. The van der Waals surface area contributed by atoms with Gasteiger partial charge in [0.25, 0.3) is 0 Å². The number of aromatic nitrogens is 3. The molecule has 3 aliphatic heterocycles. The van der Waals surface area contributed by atoms with Crippen molar-refractivity contribution in [3.8, 4) is 17.0 Å². The van der Waals surface area contributed by atoms with Crippen molar-refractivity contribution < 1.29 is 4.74 Å². The summed E-state index contributed by atoms with van der Waals surface area (Å²) in [4.78, 5) is 20.8. The summed E-state index contributed by atoms with van der Waals surface area (Å²) in [7, 11) is 4.26. The van der Waals surface area contributed by atoms with Crippen LogP contribution in [0, 0.1) is 0 Å². The molecule has 2 fully saturated rings. The second-order valence-corrected chi connectivity index (χ2v) is 8.89. The van der Waals surface area contributed by atoms with Gasteiger partial charge in [0.2, 0.25) is 5.95 Å². The van der Waals surface area contributed by atoms with Crippen molar-refractivity contribution in [2.45, 2.75) is 18.5 Å². The lowest BCUT2D eigenvalue weighted by molar-refractivity contribution is 0.292. The quantitative estimate of drug-likeness (QED) is 0.679. The lowest BCUT2D eigenvalue weighted by Gasteiger charge is -2.33. The topological polar surface area (TPSA) is 69.7 Å². The summed E-state index contributed by atoms with van der Waals surface area (Å²) in [6.45, 7) is 3.78. The summed E-state index contributed by atoms with van der Waals surface area (Å²) in [6, 6.07) is 13.8. The molecule has 3 aliphatic rings. The van der Waals surface area contributed by atoms with Crippen LogP contribution in [0.5, 0.6) is 5.75 Å². The van der Waals surface area contributed by atoms with E-state index in [4.69, 9.17) is 9.72 Å². The van der Waals surface area contributed by atoms with Crippen LogP contribution in [-0.4, -0.2) is 72.3 Å². The van der Waals surface area contributed by atoms with E-state index in [1.54, 1.807) is 6.20 Å². The fourth-order valence-corrected chi connectivity index (χ4v) is 5.00. The standard InChI is InChI=1S/C24H27N7O/c1-29-9-10-32-22-11-16(13-26-23(22)29)21-7-8-25-24(28-21)27-17-3-5-18(6-4-17)31-15-19-12-20(31)14-30(19)2/h3-8,11,13,19-20H,9-10,12,14-15H2,1-2H3,(H,25,27,28). The second-order valence-electron chi connectivity index (χ2n) is 8.89. The first kappa shape index (κ1) is 19.3. The highest BCUT2D eigenvalue weighted by molar-refractivity contribution is 5.67. The number of pyridine rings is 1. The van der Waals surface area contributed by atoms with Gasteiger partial charge >= 0.3 is 0 Å². The van der Waals surface area contributed by atoms with E-state index in [0.29, 0.717) is 24.6 Å². The van der Waals surface area contributed by atoms with Crippen LogP contribution in [0.2, 0.25) is 0 Å². The molecule has 1 aromatic carbocycles. The maximum atomic E-state index is 5.79. The number of ether oxygens (including phenoxy) is 1. The highest BCUT2D eigenvalue weighted by atomic mass is 16.5. The van der Waals surface area contributed by atoms with Gasteiger partial charge in [0.15, 0.2) is 11.6 Å². The van der Waals surface area contributed by atoms with Crippen molar-refractivity contribution in [3.63, 3.8) is 0 Å². The molecule has 6 rings (SSSR count). The van der Waals surface area contributed by atoms with E-state index in [2.05, 4.69) is 61.3 Å². The third kappa shape index (κ3) is 3.40. The van der Waals surface area contributed by atoms with Crippen molar-refractivity contribution in [1.29, 1.82) is 0 Å². The van der Waals surface area contributed by atoms with E-state index in [9.17, 15) is 0 Å². The Bertz CT molecular complexity index is 1130. The van der Waals surface area contributed by atoms with Crippen LogP contribution in [0.3, 0.4) is 0 Å². The number of likely N-dealkylation sites (N-methyl/N-ethyl adjacent to an activating group) is 2. The summed E-state index contributed by atoms with van der Waals surface area (Å²) in [5.74, 6) is 2.22. The molecule has 0 aliphatic carbocycles. The Labute approximate surface area is 187 Å². The third-order valence-corrected chi connectivity index (χ3v) is 6.80. The molecule has 2 saturated heterocycles. The monoisotopic (exact) mass is 429 g/mol. The molecule has 164 valence electrons. The Kier molecular flexibility index (Phi) is 4.61. The minimum absolute atomic E-state index is 0.563. The molecule has 2 atom stereocenters. The zero-order chi connectivity index (χ0) is 21.7. The molecule has 1 N–H and O–H groups in total. The van der Waals surface area contributed by atoms with Crippen LogP contribution in [0.25, 0.3) is 11.3 Å². The molecule has 2 bridgehead atoms. The van der Waals surface area contributed by atoms with E-state index in [-0.39, 0.29) is 0 Å². The van der Waals surface area contributed by atoms with Gasteiger partial charge in [0.05, 0.1) is 12.2 Å². The third-order valence-electron chi connectivity index (χ3n) is 6.80. The number of rotatable bonds is 4. The SMILES string of the molecule is CN1CCOc2cc(-c3ccnc(Nc4ccc(N5CC6CC5CN6C)cc4)n3)cnc21. The molecule has 2 aromatic heterocycles. The van der Waals surface area contributed by atoms with Crippen LogP contribution >= 0.6 is 0 Å². The Hall–Kier alpha value is -3.39. The van der Waals surface area contributed by atoms with Crippen molar-refractivity contribution in [3.05, 3.63) is 48.8 Å². The Morgan fingerprint density at radius 3 is 2.69 bits per heavy atom. The summed E-state index contributed by atoms with van der Waals surface area (Å²) < 4.78 is 5.79. The van der Waals surface area contributed by atoms with Gasteiger partial charge in [-0.25, -0.2) is 15.0 Å². The van der Waals surface area contributed by atoms with Crippen LogP contribution in [0.15, 0.2) is 48.8 Å². The first-order chi connectivity index (χ1) is 15.6. The largest absolute Gasteiger partial charge is 0.488 e. The predicted molar refractivity (Wildman–Crippen MR) is 126 cm³/mol. The maximum absolute atomic E-state index is 5.79. The zero-order valence-corrected chi connectivity index (χ0v) is 18.4. The van der Waals surface area contributed by atoms with Crippen molar-refractivity contribution in [2.24, 2.45) is 0 Å². The molecule has 3 aromatic rings. The van der Waals surface area contributed by atoms with Crippen molar-refractivity contribution in [2.75, 3.05) is 55.5 Å². The van der Waals surface area contributed by atoms with Crippen molar-refractivity contribution >= 4 is 23.1 Å². The molecule has 0 radical (unpaired) electrons. The van der Waals surface area contributed by atoms with Gasteiger partial charge in [-0.05, 0) is 49.9 Å². The van der Waals surface area contributed by atoms with Crippen molar-refractivity contribution in [1.82, 2.24) is 19.9 Å². The van der Waals surface area contributed by atoms with E-state index in [0.717, 1.165) is 48.1 Å². The Morgan fingerprint density at radius 2 is 1.91 bits per heavy atom. The normalized spacial score (nSPS) is 22.1. The number of anilines is 4. The molecule has 0 spiro atoms. The summed E-state index contributed by atoms with van der Waals surface area (Å²) in [5, 5.41) is 3.33. The van der Waals surface area contributed by atoms with Gasteiger partial charge in [0, 0.05) is 61.6 Å². The fraction of sp³-hybridized carbons (Fsp3) is 0.375. The number of hydrogen-bond donors (Lipinski definition) is 1. The minimum atomic E-state index is 0.563. The molecule has 2 unspecified atom stereocenters. The number of benzene rings is 1. The highest BCUT2D eigenvalue weighted by Crippen LogP contribution is 2.35. The Morgan fingerprint density at radius 1 is 1.03 bits per heavy atom. The van der Waals surface area contributed by atoms with Crippen LogP contribution in [0.1, 0.15) is 6.42 Å². The smallest absolute Gasteiger partial charge is 0.227 e. The number of likely N-dealkylation sites (tertiary alicyclic amines) is 1. The van der Waals surface area contributed by atoms with Gasteiger partial charge in [-0.1, -0.05) is 0 Å². The van der Waals surface area contributed by atoms with Crippen LogP contribution in [-0.2, 0) is 0 Å². The summed E-state index contributed by atoms with van der Waals surface area (Å²) >= 11 is 0. The number of fused-ring (bicyclic) bond motifs is 3. The number of piperazine rings is 1. The molecule has 0 amide bonds. The van der Waals surface area contributed by atoms with Gasteiger partial charge in [0.1, 0.15) is 6.61 Å².